The molecular weight excluding hydrogens is 392 g/mol. The second-order valence-corrected chi connectivity index (χ2v) is 14.0. The number of ether oxygens (including phenoxy) is 1. The van der Waals surface area contributed by atoms with Gasteiger partial charge in [-0.3, -0.25) is 15.0 Å². The SMILES string of the molecule is CC(C)(C)[Si](C)(C)O[C@H]1CN(C(=O)OCc2ccc([N+](=O)[O-])cc2)[C@](C)(C=O)C1. The van der Waals surface area contributed by atoms with Crippen molar-refractivity contribution in [2.45, 2.75) is 70.5 Å². The lowest BCUT2D eigenvalue weighted by Crippen LogP contribution is -2.46. The van der Waals surface area contributed by atoms with Crippen LogP contribution < -0.4 is 0 Å². The van der Waals surface area contributed by atoms with E-state index >= 15 is 0 Å². The molecule has 1 aromatic rings. The minimum absolute atomic E-state index is 0.0223. The number of nitro groups is 1. The standard InChI is InChI=1S/C20H30N2O6Si/c1-19(2,3)29(5,6)28-17-11-20(4,14-23)21(12-17)18(24)27-13-15-7-9-16(10-8-15)22(25)26/h7-10,14,17H,11-13H2,1-6H3/t17-,20+/m1/s1. The van der Waals surface area contributed by atoms with E-state index in [1.807, 2.05) is 0 Å². The Bertz CT molecular complexity index is 774. The van der Waals surface area contributed by atoms with E-state index in [-0.39, 0.29) is 23.4 Å². The number of nitrogens with zero attached hydrogens (tertiary/aromatic N) is 2. The number of nitro benzene ring substituents is 1. The van der Waals surface area contributed by atoms with E-state index in [0.29, 0.717) is 18.5 Å². The van der Waals surface area contributed by atoms with Gasteiger partial charge < -0.3 is 14.0 Å². The lowest BCUT2D eigenvalue weighted by molar-refractivity contribution is -0.384. The Labute approximate surface area is 172 Å². The summed E-state index contributed by atoms with van der Waals surface area (Å²) in [5, 5.41) is 10.7. The van der Waals surface area contributed by atoms with Crippen LogP contribution in [0, 0.1) is 10.1 Å². The molecule has 0 N–H and O–H groups in total. The first-order chi connectivity index (χ1) is 13.3. The summed E-state index contributed by atoms with van der Waals surface area (Å²) in [6.45, 7) is 12.7. The number of non-ortho nitro benzene ring substituents is 1. The molecule has 1 aromatic carbocycles. The molecule has 160 valence electrons. The monoisotopic (exact) mass is 422 g/mol. The largest absolute Gasteiger partial charge is 0.445 e. The Morgan fingerprint density at radius 3 is 2.41 bits per heavy atom. The fraction of sp³-hybridized carbons (Fsp3) is 0.600. The van der Waals surface area contributed by atoms with Crippen LogP contribution in [0.1, 0.15) is 39.7 Å². The zero-order valence-corrected chi connectivity index (χ0v) is 18.9. The number of aldehydes is 1. The number of hydrogen-bond donors (Lipinski definition) is 0. The van der Waals surface area contributed by atoms with Gasteiger partial charge in [-0.2, -0.15) is 0 Å². The first-order valence-electron chi connectivity index (χ1n) is 9.61. The van der Waals surface area contributed by atoms with Crippen LogP contribution in [0.5, 0.6) is 0 Å². The van der Waals surface area contributed by atoms with Gasteiger partial charge >= 0.3 is 6.09 Å². The van der Waals surface area contributed by atoms with Gasteiger partial charge in [-0.25, -0.2) is 4.79 Å². The van der Waals surface area contributed by atoms with Crippen LogP contribution in [0.25, 0.3) is 0 Å². The minimum Gasteiger partial charge on any atom is -0.445 e. The number of rotatable bonds is 6. The molecule has 0 spiro atoms. The summed E-state index contributed by atoms with van der Waals surface area (Å²) in [6.07, 6.45) is 0.377. The van der Waals surface area contributed by atoms with Crippen LogP contribution >= 0.6 is 0 Å². The predicted octanol–water partition coefficient (Wildman–Crippen LogP) is 4.29. The fourth-order valence-electron chi connectivity index (χ4n) is 3.05. The van der Waals surface area contributed by atoms with Gasteiger partial charge in [-0.1, -0.05) is 20.8 Å². The molecule has 1 fully saturated rings. The highest BCUT2D eigenvalue weighted by molar-refractivity contribution is 6.74. The summed E-state index contributed by atoms with van der Waals surface area (Å²) < 4.78 is 11.8. The molecule has 0 unspecified atom stereocenters. The van der Waals surface area contributed by atoms with Gasteiger partial charge in [0.15, 0.2) is 8.32 Å². The Morgan fingerprint density at radius 1 is 1.34 bits per heavy atom. The molecule has 1 saturated heterocycles. The minimum atomic E-state index is -2.05. The Hall–Kier alpha value is -2.26. The molecule has 8 nitrogen and oxygen atoms in total. The molecule has 0 radical (unpaired) electrons. The number of likely N-dealkylation sites (tertiary alicyclic amines) is 1. The summed E-state index contributed by atoms with van der Waals surface area (Å²) in [6, 6.07) is 5.80. The highest BCUT2D eigenvalue weighted by Crippen LogP contribution is 2.40. The molecule has 2 rings (SSSR count). The second-order valence-electron chi connectivity index (χ2n) is 9.27. The van der Waals surface area contributed by atoms with Crippen molar-refractivity contribution in [3.63, 3.8) is 0 Å². The van der Waals surface area contributed by atoms with Gasteiger partial charge in [0, 0.05) is 18.6 Å². The van der Waals surface area contributed by atoms with Crippen molar-refractivity contribution >= 4 is 26.4 Å². The van der Waals surface area contributed by atoms with Crippen molar-refractivity contribution in [3.05, 3.63) is 39.9 Å². The third kappa shape index (κ3) is 5.21. The number of benzene rings is 1. The molecule has 1 aliphatic rings. The van der Waals surface area contributed by atoms with Crippen molar-refractivity contribution in [2.75, 3.05) is 6.54 Å². The van der Waals surface area contributed by atoms with Gasteiger partial charge in [0.1, 0.15) is 18.4 Å². The second kappa shape index (κ2) is 8.23. The molecule has 1 amide bonds. The van der Waals surface area contributed by atoms with E-state index in [1.54, 1.807) is 6.92 Å². The summed E-state index contributed by atoms with van der Waals surface area (Å²) >= 11 is 0. The number of hydrogen-bond acceptors (Lipinski definition) is 6. The van der Waals surface area contributed by atoms with Crippen LogP contribution in [-0.2, 0) is 20.6 Å². The van der Waals surface area contributed by atoms with Crippen LogP contribution in [0.3, 0.4) is 0 Å². The van der Waals surface area contributed by atoms with Gasteiger partial charge in [0.2, 0.25) is 0 Å². The third-order valence-corrected chi connectivity index (χ3v) is 10.4. The molecule has 0 aromatic heterocycles. The van der Waals surface area contributed by atoms with Gasteiger partial charge in [-0.15, -0.1) is 0 Å². The smallest absolute Gasteiger partial charge is 0.411 e. The lowest BCUT2D eigenvalue weighted by atomic mass is 10.0. The number of amides is 1. The molecule has 9 heteroatoms. The van der Waals surface area contributed by atoms with E-state index < -0.39 is 24.9 Å². The average molecular weight is 423 g/mol. The first kappa shape index (κ1) is 23.0. The molecule has 0 aliphatic carbocycles. The van der Waals surface area contributed by atoms with Crippen LogP contribution in [0.4, 0.5) is 10.5 Å². The summed E-state index contributed by atoms with van der Waals surface area (Å²) in [4.78, 5) is 36.1. The van der Waals surface area contributed by atoms with Crippen molar-refractivity contribution < 1.29 is 23.7 Å². The normalized spacial score (nSPS) is 22.4. The summed E-state index contributed by atoms with van der Waals surface area (Å²) in [5.74, 6) is 0. The first-order valence-corrected chi connectivity index (χ1v) is 12.5. The van der Waals surface area contributed by atoms with E-state index in [4.69, 9.17) is 9.16 Å². The summed E-state index contributed by atoms with van der Waals surface area (Å²) in [5.41, 5.74) is -0.386. The molecule has 1 heterocycles. The van der Waals surface area contributed by atoms with Gasteiger partial charge in [-0.05, 0) is 42.8 Å². The fourth-order valence-corrected chi connectivity index (χ4v) is 4.40. The van der Waals surface area contributed by atoms with E-state index in [0.717, 1.165) is 6.29 Å². The quantitative estimate of drug-likeness (QED) is 0.294. The number of carbonyl (C=O) groups excluding carboxylic acids is 2. The highest BCUT2D eigenvalue weighted by atomic mass is 28.4. The summed E-state index contributed by atoms with van der Waals surface area (Å²) in [7, 11) is -2.05. The van der Waals surface area contributed by atoms with Gasteiger partial charge in [0.05, 0.1) is 17.6 Å². The molecular formula is C20H30N2O6Si. The average Bonchev–Trinajstić information content (AvgIpc) is 2.95. The zero-order valence-electron chi connectivity index (χ0n) is 17.9. The Balaban J connectivity index is 2.04. The predicted molar refractivity (Wildman–Crippen MR) is 111 cm³/mol. The molecule has 0 bridgehead atoms. The zero-order chi connectivity index (χ0) is 22.0. The van der Waals surface area contributed by atoms with Crippen LogP contribution in [0.15, 0.2) is 24.3 Å². The van der Waals surface area contributed by atoms with Crippen molar-refractivity contribution in [3.8, 4) is 0 Å². The molecule has 0 saturated carbocycles. The third-order valence-electron chi connectivity index (χ3n) is 5.89. The maximum atomic E-state index is 12.7. The Kier molecular flexibility index (Phi) is 6.54. The topological polar surface area (TPSA) is 99.0 Å². The van der Waals surface area contributed by atoms with E-state index in [2.05, 4.69) is 33.9 Å². The number of carbonyl (C=O) groups is 2. The van der Waals surface area contributed by atoms with Crippen LogP contribution in [-0.4, -0.2) is 48.7 Å². The molecule has 2 atom stereocenters. The molecule has 1 aliphatic heterocycles. The van der Waals surface area contributed by atoms with Crippen molar-refractivity contribution in [1.29, 1.82) is 0 Å². The van der Waals surface area contributed by atoms with E-state index in [1.165, 1.54) is 29.2 Å². The van der Waals surface area contributed by atoms with Crippen LogP contribution in [0.2, 0.25) is 18.1 Å². The van der Waals surface area contributed by atoms with Gasteiger partial charge in [0.25, 0.3) is 5.69 Å². The lowest BCUT2D eigenvalue weighted by Gasteiger charge is -2.38. The molecule has 29 heavy (non-hydrogen) atoms. The van der Waals surface area contributed by atoms with Crippen molar-refractivity contribution in [2.24, 2.45) is 0 Å². The Morgan fingerprint density at radius 2 is 1.93 bits per heavy atom. The maximum Gasteiger partial charge on any atom is 0.411 e. The van der Waals surface area contributed by atoms with Crippen molar-refractivity contribution in [1.82, 2.24) is 4.90 Å². The maximum absolute atomic E-state index is 12.7. The van der Waals surface area contributed by atoms with E-state index in [9.17, 15) is 19.7 Å². The highest BCUT2D eigenvalue weighted by Gasteiger charge is 2.49.